The monoisotopic (exact) mass is 272 g/mol. The van der Waals surface area contributed by atoms with E-state index in [-0.39, 0.29) is 0 Å². The fraction of sp³-hybridized carbons (Fsp3) is 0.667. The molecule has 1 aromatic rings. The van der Waals surface area contributed by atoms with Crippen molar-refractivity contribution in [3.63, 3.8) is 0 Å². The molecule has 0 bridgehead atoms. The van der Waals surface area contributed by atoms with E-state index in [0.717, 1.165) is 6.54 Å². The third-order valence-corrected chi connectivity index (χ3v) is 4.93. The van der Waals surface area contributed by atoms with Gasteiger partial charge in [-0.25, -0.2) is 0 Å². The molecule has 1 saturated carbocycles. The van der Waals surface area contributed by atoms with Crippen LogP contribution in [0.1, 0.15) is 48.8 Å². The van der Waals surface area contributed by atoms with Crippen LogP contribution in [0, 0.1) is 13.8 Å². The fourth-order valence-electron chi connectivity index (χ4n) is 4.16. The van der Waals surface area contributed by atoms with Crippen molar-refractivity contribution in [2.45, 2.75) is 58.0 Å². The zero-order valence-corrected chi connectivity index (χ0v) is 13.0. The Hall–Kier alpha value is -0.860. The van der Waals surface area contributed by atoms with Gasteiger partial charge in [0, 0.05) is 18.6 Å². The Kier molecular flexibility index (Phi) is 4.13. The fourth-order valence-corrected chi connectivity index (χ4v) is 4.16. The van der Waals surface area contributed by atoms with Gasteiger partial charge in [0.1, 0.15) is 0 Å². The number of nitrogens with one attached hydrogen (secondary N) is 1. The Balaban J connectivity index is 1.72. The van der Waals surface area contributed by atoms with Crippen LogP contribution in [0.4, 0.5) is 0 Å². The van der Waals surface area contributed by atoms with Gasteiger partial charge in [0.05, 0.1) is 0 Å². The third-order valence-electron chi connectivity index (χ3n) is 4.93. The Labute approximate surface area is 123 Å². The van der Waals surface area contributed by atoms with E-state index in [4.69, 9.17) is 0 Å². The van der Waals surface area contributed by atoms with E-state index in [1.54, 1.807) is 0 Å². The standard InChI is InChI=1S/C18H28N2/c1-15-10-16(2)12-17(11-15)13-20-9-5-8-19-18(14-20)6-3-4-7-18/h10-12,19H,3-9,13-14H2,1-2H3. The van der Waals surface area contributed by atoms with Crippen LogP contribution >= 0.6 is 0 Å². The first-order chi connectivity index (χ1) is 9.65. The molecule has 0 amide bonds. The normalized spacial score (nSPS) is 23.1. The zero-order chi connectivity index (χ0) is 14.0. The summed E-state index contributed by atoms with van der Waals surface area (Å²) < 4.78 is 0. The largest absolute Gasteiger partial charge is 0.310 e. The molecular weight excluding hydrogens is 244 g/mol. The molecule has 2 fully saturated rings. The summed E-state index contributed by atoms with van der Waals surface area (Å²) in [5.41, 5.74) is 4.69. The summed E-state index contributed by atoms with van der Waals surface area (Å²) in [6, 6.07) is 6.98. The van der Waals surface area contributed by atoms with E-state index in [1.807, 2.05) is 0 Å². The van der Waals surface area contributed by atoms with E-state index in [1.165, 1.54) is 68.4 Å². The van der Waals surface area contributed by atoms with Crippen molar-refractivity contribution in [3.05, 3.63) is 34.9 Å². The lowest BCUT2D eigenvalue weighted by Crippen LogP contribution is -2.49. The van der Waals surface area contributed by atoms with Crippen molar-refractivity contribution in [1.82, 2.24) is 10.2 Å². The van der Waals surface area contributed by atoms with Gasteiger partial charge in [-0.2, -0.15) is 0 Å². The molecule has 1 aliphatic heterocycles. The lowest BCUT2D eigenvalue weighted by molar-refractivity contribution is 0.203. The van der Waals surface area contributed by atoms with Gasteiger partial charge in [-0.15, -0.1) is 0 Å². The van der Waals surface area contributed by atoms with Crippen LogP contribution in [0.15, 0.2) is 18.2 Å². The molecule has 3 rings (SSSR count). The lowest BCUT2D eigenvalue weighted by Gasteiger charge is -2.33. The molecule has 1 saturated heterocycles. The molecular formula is C18H28N2. The quantitative estimate of drug-likeness (QED) is 0.887. The summed E-state index contributed by atoms with van der Waals surface area (Å²) in [6.45, 7) is 9.20. The van der Waals surface area contributed by atoms with E-state index in [2.05, 4.69) is 42.3 Å². The SMILES string of the molecule is Cc1cc(C)cc(CN2CCCNC3(CCCC3)C2)c1. The topological polar surface area (TPSA) is 15.3 Å². The summed E-state index contributed by atoms with van der Waals surface area (Å²) in [7, 11) is 0. The minimum Gasteiger partial charge on any atom is -0.310 e. The van der Waals surface area contributed by atoms with E-state index >= 15 is 0 Å². The molecule has 0 unspecified atom stereocenters. The molecule has 0 atom stereocenters. The highest BCUT2D eigenvalue weighted by Gasteiger charge is 2.36. The smallest absolute Gasteiger partial charge is 0.0308 e. The second-order valence-electron chi connectivity index (χ2n) is 6.97. The van der Waals surface area contributed by atoms with Gasteiger partial charge in [-0.05, 0) is 51.8 Å². The molecule has 1 aromatic carbocycles. The van der Waals surface area contributed by atoms with Crippen molar-refractivity contribution < 1.29 is 0 Å². The van der Waals surface area contributed by atoms with Crippen molar-refractivity contribution in [2.24, 2.45) is 0 Å². The highest BCUT2D eigenvalue weighted by atomic mass is 15.2. The van der Waals surface area contributed by atoms with Crippen LogP contribution in [-0.4, -0.2) is 30.1 Å². The molecule has 0 aromatic heterocycles. The molecule has 1 spiro atoms. The number of hydrogen-bond acceptors (Lipinski definition) is 2. The Morgan fingerprint density at radius 3 is 2.45 bits per heavy atom. The van der Waals surface area contributed by atoms with E-state index < -0.39 is 0 Å². The molecule has 2 aliphatic rings. The maximum Gasteiger partial charge on any atom is 0.0308 e. The van der Waals surface area contributed by atoms with Crippen LogP contribution in [0.25, 0.3) is 0 Å². The van der Waals surface area contributed by atoms with Gasteiger partial charge in [0.25, 0.3) is 0 Å². The molecule has 1 heterocycles. The molecule has 1 N–H and O–H groups in total. The van der Waals surface area contributed by atoms with Gasteiger partial charge in [0.15, 0.2) is 0 Å². The molecule has 2 nitrogen and oxygen atoms in total. The zero-order valence-electron chi connectivity index (χ0n) is 13.0. The average Bonchev–Trinajstić information content (AvgIpc) is 2.72. The maximum absolute atomic E-state index is 3.85. The Morgan fingerprint density at radius 2 is 1.75 bits per heavy atom. The summed E-state index contributed by atoms with van der Waals surface area (Å²) in [5.74, 6) is 0. The van der Waals surface area contributed by atoms with E-state index in [9.17, 15) is 0 Å². The molecule has 20 heavy (non-hydrogen) atoms. The summed E-state index contributed by atoms with van der Waals surface area (Å²) in [4.78, 5) is 2.68. The van der Waals surface area contributed by atoms with Crippen molar-refractivity contribution in [2.75, 3.05) is 19.6 Å². The van der Waals surface area contributed by atoms with Crippen LogP contribution in [0.3, 0.4) is 0 Å². The van der Waals surface area contributed by atoms with Gasteiger partial charge in [-0.3, -0.25) is 4.90 Å². The highest BCUT2D eigenvalue weighted by molar-refractivity contribution is 5.28. The number of nitrogens with zero attached hydrogens (tertiary/aromatic N) is 1. The molecule has 2 heteroatoms. The van der Waals surface area contributed by atoms with Crippen molar-refractivity contribution in [3.8, 4) is 0 Å². The predicted octanol–water partition coefficient (Wildman–Crippen LogP) is 3.41. The van der Waals surface area contributed by atoms with E-state index in [0.29, 0.717) is 5.54 Å². The number of hydrogen-bond donors (Lipinski definition) is 1. The Bertz CT molecular complexity index is 440. The van der Waals surface area contributed by atoms with Crippen molar-refractivity contribution in [1.29, 1.82) is 0 Å². The summed E-state index contributed by atoms with van der Waals surface area (Å²) >= 11 is 0. The van der Waals surface area contributed by atoms with Gasteiger partial charge >= 0.3 is 0 Å². The second-order valence-corrected chi connectivity index (χ2v) is 6.97. The first-order valence-corrected chi connectivity index (χ1v) is 8.20. The lowest BCUT2D eigenvalue weighted by atomic mass is 9.97. The first-order valence-electron chi connectivity index (χ1n) is 8.20. The van der Waals surface area contributed by atoms with Gasteiger partial charge < -0.3 is 5.32 Å². The van der Waals surface area contributed by atoms with Gasteiger partial charge in [0.2, 0.25) is 0 Å². The van der Waals surface area contributed by atoms with Crippen LogP contribution in [0.5, 0.6) is 0 Å². The van der Waals surface area contributed by atoms with Crippen LogP contribution in [-0.2, 0) is 6.54 Å². The summed E-state index contributed by atoms with van der Waals surface area (Å²) in [6.07, 6.45) is 6.84. The highest BCUT2D eigenvalue weighted by Crippen LogP contribution is 2.32. The second kappa shape index (κ2) is 5.87. The van der Waals surface area contributed by atoms with Crippen molar-refractivity contribution >= 4 is 0 Å². The average molecular weight is 272 g/mol. The molecule has 0 radical (unpaired) electrons. The van der Waals surface area contributed by atoms with Gasteiger partial charge in [-0.1, -0.05) is 42.2 Å². The number of aryl methyl sites for hydroxylation is 2. The minimum atomic E-state index is 0.426. The summed E-state index contributed by atoms with van der Waals surface area (Å²) in [5, 5.41) is 3.85. The Morgan fingerprint density at radius 1 is 1.05 bits per heavy atom. The number of benzene rings is 1. The predicted molar refractivity (Wildman–Crippen MR) is 85.0 cm³/mol. The third kappa shape index (κ3) is 3.24. The maximum atomic E-state index is 3.85. The minimum absolute atomic E-state index is 0.426. The first kappa shape index (κ1) is 14.1. The number of rotatable bonds is 2. The van der Waals surface area contributed by atoms with Crippen LogP contribution < -0.4 is 5.32 Å². The molecule has 110 valence electrons. The van der Waals surface area contributed by atoms with Crippen LogP contribution in [0.2, 0.25) is 0 Å². The molecule has 1 aliphatic carbocycles.